The lowest BCUT2D eigenvalue weighted by Gasteiger charge is -2.05. The number of hydrogen-bond acceptors (Lipinski definition) is 5. The van der Waals surface area contributed by atoms with E-state index in [9.17, 15) is 14.4 Å². The van der Waals surface area contributed by atoms with E-state index in [1.165, 1.54) is 18.3 Å². The average Bonchev–Trinajstić information content (AvgIpc) is 3.17. The number of carbonyl (C=O) groups is 3. The van der Waals surface area contributed by atoms with Gasteiger partial charge in [-0.05, 0) is 17.7 Å². The van der Waals surface area contributed by atoms with Crippen LogP contribution in [0.3, 0.4) is 0 Å². The molecule has 0 saturated carbocycles. The van der Waals surface area contributed by atoms with Gasteiger partial charge in [0.2, 0.25) is 17.7 Å². The van der Waals surface area contributed by atoms with Crippen LogP contribution in [-0.4, -0.2) is 29.3 Å². The predicted octanol–water partition coefficient (Wildman–Crippen LogP) is 3.46. The minimum absolute atomic E-state index is 0.117. The Bertz CT molecular complexity index is 1020. The molecule has 0 aliphatic rings. The third-order valence-electron chi connectivity index (χ3n) is 4.13. The molecule has 1 aromatic heterocycles. The van der Waals surface area contributed by atoms with E-state index in [1.807, 2.05) is 47.8 Å². The number of thiazole rings is 1. The standard InChI is InChI=1S/C22H22N4O3S/c1-15(27)24-18-9-7-17(8-10-18)19-14-30-22(25-19)26-20(28)11-12-23-21(29)13-16-5-3-2-4-6-16/h2-10,14H,11-13H2,1H3,(H,23,29)(H,24,27)(H,25,26,28). The zero-order chi connectivity index (χ0) is 21.3. The van der Waals surface area contributed by atoms with Crippen molar-refractivity contribution in [3.8, 4) is 11.3 Å². The Morgan fingerprint density at radius 3 is 2.37 bits per heavy atom. The van der Waals surface area contributed by atoms with E-state index >= 15 is 0 Å². The SMILES string of the molecule is CC(=O)Nc1ccc(-c2csc(NC(=O)CCNC(=O)Cc3ccccc3)n2)cc1. The van der Waals surface area contributed by atoms with Crippen molar-refractivity contribution in [2.75, 3.05) is 17.2 Å². The molecule has 0 bridgehead atoms. The topological polar surface area (TPSA) is 100 Å². The van der Waals surface area contributed by atoms with Gasteiger partial charge in [-0.15, -0.1) is 11.3 Å². The molecule has 1 heterocycles. The van der Waals surface area contributed by atoms with E-state index in [0.717, 1.165) is 16.8 Å². The van der Waals surface area contributed by atoms with Crippen LogP contribution in [0, 0.1) is 0 Å². The fourth-order valence-corrected chi connectivity index (χ4v) is 3.47. The van der Waals surface area contributed by atoms with E-state index in [1.54, 1.807) is 12.1 Å². The van der Waals surface area contributed by atoms with Crippen LogP contribution < -0.4 is 16.0 Å². The normalized spacial score (nSPS) is 10.3. The Hall–Kier alpha value is -3.52. The van der Waals surface area contributed by atoms with Gasteiger partial charge in [-0.2, -0.15) is 0 Å². The zero-order valence-corrected chi connectivity index (χ0v) is 17.3. The quantitative estimate of drug-likeness (QED) is 0.518. The molecule has 3 N–H and O–H groups in total. The smallest absolute Gasteiger partial charge is 0.227 e. The molecule has 30 heavy (non-hydrogen) atoms. The maximum absolute atomic E-state index is 12.1. The van der Waals surface area contributed by atoms with Gasteiger partial charge >= 0.3 is 0 Å². The van der Waals surface area contributed by atoms with Gasteiger partial charge in [0.1, 0.15) is 0 Å². The molecule has 0 radical (unpaired) electrons. The second-order valence-corrected chi connectivity index (χ2v) is 7.47. The van der Waals surface area contributed by atoms with Crippen LogP contribution in [0.4, 0.5) is 10.8 Å². The molecule has 154 valence electrons. The largest absolute Gasteiger partial charge is 0.355 e. The van der Waals surface area contributed by atoms with Gasteiger partial charge < -0.3 is 16.0 Å². The molecule has 0 unspecified atom stereocenters. The van der Waals surface area contributed by atoms with E-state index < -0.39 is 0 Å². The molecule has 3 amide bonds. The molecular weight excluding hydrogens is 400 g/mol. The van der Waals surface area contributed by atoms with Gasteiger partial charge in [-0.25, -0.2) is 4.98 Å². The minimum atomic E-state index is -0.211. The molecular formula is C22H22N4O3S. The molecule has 3 rings (SSSR count). The number of hydrogen-bond donors (Lipinski definition) is 3. The summed E-state index contributed by atoms with van der Waals surface area (Å²) < 4.78 is 0. The van der Waals surface area contributed by atoms with Gasteiger partial charge in [-0.1, -0.05) is 42.5 Å². The molecule has 0 aliphatic carbocycles. The summed E-state index contributed by atoms with van der Waals surface area (Å²) in [4.78, 5) is 39.5. The van der Waals surface area contributed by atoms with Crippen molar-refractivity contribution in [2.45, 2.75) is 19.8 Å². The first-order valence-corrected chi connectivity index (χ1v) is 10.3. The number of rotatable bonds is 8. The maximum Gasteiger partial charge on any atom is 0.227 e. The van der Waals surface area contributed by atoms with E-state index in [0.29, 0.717) is 17.2 Å². The van der Waals surface area contributed by atoms with Crippen LogP contribution in [0.1, 0.15) is 18.9 Å². The fourth-order valence-electron chi connectivity index (χ4n) is 2.73. The molecule has 0 spiro atoms. The molecule has 7 nitrogen and oxygen atoms in total. The van der Waals surface area contributed by atoms with Gasteiger partial charge in [0, 0.05) is 36.5 Å². The summed E-state index contributed by atoms with van der Waals surface area (Å²) in [6.07, 6.45) is 0.458. The van der Waals surface area contributed by atoms with Crippen molar-refractivity contribution in [2.24, 2.45) is 0 Å². The van der Waals surface area contributed by atoms with Crippen LogP contribution in [-0.2, 0) is 20.8 Å². The summed E-state index contributed by atoms with van der Waals surface area (Å²) in [7, 11) is 0. The lowest BCUT2D eigenvalue weighted by Crippen LogP contribution is -2.28. The number of carbonyl (C=O) groups excluding carboxylic acids is 3. The number of nitrogens with zero attached hydrogens (tertiary/aromatic N) is 1. The number of nitrogens with one attached hydrogen (secondary N) is 3. The summed E-state index contributed by atoms with van der Waals surface area (Å²) in [6.45, 7) is 1.72. The molecule has 0 fully saturated rings. The summed E-state index contributed by atoms with van der Waals surface area (Å²) in [5.74, 6) is -0.456. The van der Waals surface area contributed by atoms with Crippen molar-refractivity contribution < 1.29 is 14.4 Å². The van der Waals surface area contributed by atoms with E-state index in [4.69, 9.17) is 0 Å². The predicted molar refractivity (Wildman–Crippen MR) is 118 cm³/mol. The monoisotopic (exact) mass is 422 g/mol. The van der Waals surface area contributed by atoms with Crippen molar-refractivity contribution in [3.63, 3.8) is 0 Å². The molecule has 0 atom stereocenters. The highest BCUT2D eigenvalue weighted by atomic mass is 32.1. The van der Waals surface area contributed by atoms with Gasteiger partial charge in [0.25, 0.3) is 0 Å². The first-order chi connectivity index (χ1) is 14.5. The molecule has 0 saturated heterocycles. The van der Waals surface area contributed by atoms with Crippen molar-refractivity contribution >= 4 is 39.9 Å². The molecule has 8 heteroatoms. The van der Waals surface area contributed by atoms with Crippen LogP contribution in [0.25, 0.3) is 11.3 Å². The molecule has 3 aromatic rings. The van der Waals surface area contributed by atoms with Crippen LogP contribution >= 0.6 is 11.3 Å². The Balaban J connectivity index is 1.44. The number of benzene rings is 2. The van der Waals surface area contributed by atoms with Crippen molar-refractivity contribution in [1.82, 2.24) is 10.3 Å². The van der Waals surface area contributed by atoms with Gasteiger partial charge in [0.05, 0.1) is 12.1 Å². The van der Waals surface area contributed by atoms with Crippen molar-refractivity contribution in [3.05, 3.63) is 65.5 Å². The summed E-state index contributed by atoms with van der Waals surface area (Å²) in [5.41, 5.74) is 3.26. The lowest BCUT2D eigenvalue weighted by atomic mass is 10.1. The highest BCUT2D eigenvalue weighted by Gasteiger charge is 2.09. The maximum atomic E-state index is 12.1. The summed E-state index contributed by atoms with van der Waals surface area (Å²) in [5, 5.41) is 10.6. The third-order valence-corrected chi connectivity index (χ3v) is 4.89. The second-order valence-electron chi connectivity index (χ2n) is 6.61. The number of anilines is 2. The van der Waals surface area contributed by atoms with E-state index in [-0.39, 0.29) is 30.7 Å². The molecule has 0 aliphatic heterocycles. The summed E-state index contributed by atoms with van der Waals surface area (Å²) >= 11 is 1.33. The highest BCUT2D eigenvalue weighted by Crippen LogP contribution is 2.26. The highest BCUT2D eigenvalue weighted by molar-refractivity contribution is 7.14. The number of aromatic nitrogens is 1. The minimum Gasteiger partial charge on any atom is -0.355 e. The van der Waals surface area contributed by atoms with Gasteiger partial charge in [-0.3, -0.25) is 14.4 Å². The number of amides is 3. The molecule has 2 aromatic carbocycles. The lowest BCUT2D eigenvalue weighted by molar-refractivity contribution is -0.120. The third kappa shape index (κ3) is 6.52. The average molecular weight is 423 g/mol. The van der Waals surface area contributed by atoms with Crippen LogP contribution in [0.15, 0.2) is 60.0 Å². The fraction of sp³-hybridized carbons (Fsp3) is 0.182. The first-order valence-electron chi connectivity index (χ1n) is 9.43. The summed E-state index contributed by atoms with van der Waals surface area (Å²) in [6, 6.07) is 16.8. The zero-order valence-electron chi connectivity index (χ0n) is 16.5. The Morgan fingerprint density at radius 2 is 1.67 bits per heavy atom. The van der Waals surface area contributed by atoms with Gasteiger partial charge in [0.15, 0.2) is 5.13 Å². The van der Waals surface area contributed by atoms with E-state index in [2.05, 4.69) is 20.9 Å². The first kappa shape index (κ1) is 21.2. The van der Waals surface area contributed by atoms with Crippen molar-refractivity contribution in [1.29, 1.82) is 0 Å². The van der Waals surface area contributed by atoms with Crippen LogP contribution in [0.2, 0.25) is 0 Å². The Morgan fingerprint density at radius 1 is 0.933 bits per heavy atom. The Kier molecular flexibility index (Phi) is 7.29. The Labute approximate surface area is 178 Å². The second kappa shape index (κ2) is 10.3. The van der Waals surface area contributed by atoms with Crippen LogP contribution in [0.5, 0.6) is 0 Å².